The Morgan fingerprint density at radius 2 is 2.00 bits per heavy atom. The molecule has 46 heavy (non-hydrogen) atoms. The van der Waals surface area contributed by atoms with Crippen molar-refractivity contribution in [2.75, 3.05) is 0 Å². The highest BCUT2D eigenvalue weighted by atomic mass is 32.2. The first-order valence-electron chi connectivity index (χ1n) is 14.5. The van der Waals surface area contributed by atoms with Crippen molar-refractivity contribution in [1.82, 2.24) is 35.5 Å². The minimum absolute atomic E-state index is 0.0285. The molecular formula is C33H27N7O4S2. The zero-order valence-electron chi connectivity index (χ0n) is 24.4. The molecule has 2 aliphatic heterocycles. The molecule has 2 atom stereocenters. The van der Waals surface area contributed by atoms with E-state index in [0.29, 0.717) is 33.2 Å². The summed E-state index contributed by atoms with van der Waals surface area (Å²) < 4.78 is 2.63. The number of nitrogens with one attached hydrogen (secondary N) is 2. The number of rotatable bonds is 9. The second-order valence-electron chi connectivity index (χ2n) is 10.9. The predicted octanol–water partition coefficient (Wildman–Crippen LogP) is 4.32. The van der Waals surface area contributed by atoms with Crippen molar-refractivity contribution in [1.29, 1.82) is 0 Å². The van der Waals surface area contributed by atoms with Gasteiger partial charge < -0.3 is 5.32 Å². The highest BCUT2D eigenvalue weighted by molar-refractivity contribution is 7.98. The fourth-order valence-corrected chi connectivity index (χ4v) is 7.84. The van der Waals surface area contributed by atoms with Crippen LogP contribution in [0.25, 0.3) is 15.8 Å². The number of carbonyl (C=O) groups excluding carboxylic acids is 4. The van der Waals surface area contributed by atoms with Gasteiger partial charge in [0.1, 0.15) is 12.6 Å². The van der Waals surface area contributed by atoms with Crippen molar-refractivity contribution in [3.05, 3.63) is 113 Å². The fourth-order valence-electron chi connectivity index (χ4n) is 5.74. The first-order chi connectivity index (χ1) is 22.4. The van der Waals surface area contributed by atoms with Gasteiger partial charge in [0.25, 0.3) is 5.91 Å². The Kier molecular flexibility index (Phi) is 7.93. The number of thiophene rings is 1. The van der Waals surface area contributed by atoms with Crippen LogP contribution in [0.1, 0.15) is 50.9 Å². The zero-order chi connectivity index (χ0) is 31.8. The van der Waals surface area contributed by atoms with Gasteiger partial charge in [-0.3, -0.25) is 34.4 Å². The molecule has 0 spiro atoms. The van der Waals surface area contributed by atoms with Crippen LogP contribution in [0, 0.1) is 0 Å². The SMILES string of the molecule is C=C1c2cccc(SCc3cn(CC(=O)NC(c4cccnc4)c4cc5ccccc5s4)nn3)c2C(=O)N1C1CCC(=O)NC1=O. The lowest BCUT2D eigenvalue weighted by Crippen LogP contribution is -2.52. The molecule has 13 heteroatoms. The lowest BCUT2D eigenvalue weighted by atomic mass is 10.0. The monoisotopic (exact) mass is 649 g/mol. The Labute approximate surface area is 271 Å². The minimum atomic E-state index is -0.786. The van der Waals surface area contributed by atoms with Gasteiger partial charge in [0, 0.05) is 56.5 Å². The van der Waals surface area contributed by atoms with E-state index in [1.165, 1.54) is 21.3 Å². The number of nitrogens with zero attached hydrogens (tertiary/aromatic N) is 5. The van der Waals surface area contributed by atoms with Crippen molar-refractivity contribution in [2.45, 2.75) is 42.1 Å². The smallest absolute Gasteiger partial charge is 0.260 e. The molecular weight excluding hydrogens is 623 g/mol. The molecule has 1 fully saturated rings. The molecule has 2 N–H and O–H groups in total. The minimum Gasteiger partial charge on any atom is -0.343 e. The van der Waals surface area contributed by atoms with Crippen LogP contribution >= 0.6 is 23.1 Å². The summed E-state index contributed by atoms with van der Waals surface area (Å²) in [5.74, 6) is -0.990. The molecule has 3 aromatic heterocycles. The summed E-state index contributed by atoms with van der Waals surface area (Å²) in [4.78, 5) is 58.3. The van der Waals surface area contributed by atoms with Crippen LogP contribution in [-0.2, 0) is 26.7 Å². The van der Waals surface area contributed by atoms with Gasteiger partial charge in [-0.1, -0.05) is 48.2 Å². The first kappa shape index (κ1) is 29.6. The van der Waals surface area contributed by atoms with E-state index in [2.05, 4.69) is 50.7 Å². The molecule has 11 nitrogen and oxygen atoms in total. The normalized spacial score (nSPS) is 16.9. The third-order valence-electron chi connectivity index (χ3n) is 7.90. The lowest BCUT2D eigenvalue weighted by Gasteiger charge is -2.30. The van der Waals surface area contributed by atoms with Gasteiger partial charge in [-0.15, -0.1) is 28.2 Å². The molecule has 2 aromatic carbocycles. The molecule has 0 radical (unpaired) electrons. The Balaban J connectivity index is 1.03. The van der Waals surface area contributed by atoms with Crippen LogP contribution < -0.4 is 10.6 Å². The van der Waals surface area contributed by atoms with Crippen molar-refractivity contribution in [2.24, 2.45) is 0 Å². The van der Waals surface area contributed by atoms with E-state index >= 15 is 0 Å². The van der Waals surface area contributed by atoms with Gasteiger partial charge in [0.15, 0.2) is 0 Å². The maximum absolute atomic E-state index is 13.5. The van der Waals surface area contributed by atoms with Crippen LogP contribution in [0.2, 0.25) is 0 Å². The summed E-state index contributed by atoms with van der Waals surface area (Å²) in [5, 5.41) is 15.0. The maximum atomic E-state index is 13.5. The summed E-state index contributed by atoms with van der Waals surface area (Å²) in [6.07, 6.45) is 5.58. The Bertz CT molecular complexity index is 1990. The van der Waals surface area contributed by atoms with Gasteiger partial charge in [0.2, 0.25) is 17.7 Å². The molecule has 2 aliphatic rings. The van der Waals surface area contributed by atoms with Crippen LogP contribution in [0.5, 0.6) is 0 Å². The standard InChI is InChI=1S/C33H27N7O4S2/c1-19-23-8-4-10-26(30(23)33(44)40(19)24-11-12-28(41)36-32(24)43)45-18-22-16-39(38-37-22)17-29(42)35-31(21-7-5-13-34-15-21)27-14-20-6-2-3-9-25(20)46-27/h2-10,13-16,24,31H,1,11-12,17-18H2,(H,35,42)(H,36,41,43). The van der Waals surface area contributed by atoms with Gasteiger partial charge in [-0.05, 0) is 41.6 Å². The van der Waals surface area contributed by atoms with E-state index in [9.17, 15) is 19.2 Å². The maximum Gasteiger partial charge on any atom is 0.260 e. The van der Waals surface area contributed by atoms with Gasteiger partial charge in [0.05, 0.1) is 17.3 Å². The molecule has 0 saturated carbocycles. The largest absolute Gasteiger partial charge is 0.343 e. The topological polar surface area (TPSA) is 139 Å². The van der Waals surface area contributed by atoms with Crippen molar-refractivity contribution >= 4 is 62.5 Å². The Morgan fingerprint density at radius 1 is 1.13 bits per heavy atom. The third-order valence-corrected chi connectivity index (χ3v) is 10.2. The van der Waals surface area contributed by atoms with Crippen LogP contribution in [0.3, 0.4) is 0 Å². The Morgan fingerprint density at radius 3 is 2.80 bits per heavy atom. The van der Waals surface area contributed by atoms with Crippen molar-refractivity contribution in [3.63, 3.8) is 0 Å². The molecule has 5 heterocycles. The molecule has 0 aliphatic carbocycles. The van der Waals surface area contributed by atoms with Gasteiger partial charge >= 0.3 is 0 Å². The van der Waals surface area contributed by atoms with Crippen molar-refractivity contribution < 1.29 is 19.2 Å². The number of thioether (sulfide) groups is 1. The summed E-state index contributed by atoms with van der Waals surface area (Å²) >= 11 is 3.04. The number of hydrogen-bond acceptors (Lipinski definition) is 9. The quantitative estimate of drug-likeness (QED) is 0.178. The molecule has 4 amide bonds. The average molecular weight is 650 g/mol. The van der Waals surface area contributed by atoms with E-state index in [4.69, 9.17) is 0 Å². The lowest BCUT2D eigenvalue weighted by molar-refractivity contribution is -0.136. The fraction of sp³-hybridized carbons (Fsp3) is 0.182. The van der Waals surface area contributed by atoms with Crippen LogP contribution in [0.15, 0.2) is 90.7 Å². The van der Waals surface area contributed by atoms with E-state index in [1.807, 2.05) is 36.4 Å². The molecule has 230 valence electrons. The van der Waals surface area contributed by atoms with E-state index in [-0.39, 0.29) is 43.1 Å². The van der Waals surface area contributed by atoms with E-state index in [0.717, 1.165) is 20.5 Å². The summed E-state index contributed by atoms with van der Waals surface area (Å²) in [5.41, 5.74) is 3.07. The van der Waals surface area contributed by atoms with Crippen LogP contribution in [-0.4, -0.2) is 54.5 Å². The summed E-state index contributed by atoms with van der Waals surface area (Å²) in [6, 6.07) is 18.3. The van der Waals surface area contributed by atoms with Crippen molar-refractivity contribution in [3.8, 4) is 0 Å². The Hall–Kier alpha value is -5.14. The summed E-state index contributed by atoms with van der Waals surface area (Å²) in [7, 11) is 0. The van der Waals surface area contributed by atoms with E-state index < -0.39 is 11.9 Å². The molecule has 5 aromatic rings. The number of pyridine rings is 1. The number of aromatic nitrogens is 4. The second-order valence-corrected chi connectivity index (χ2v) is 13.1. The number of amides is 4. The van der Waals surface area contributed by atoms with Crippen LogP contribution in [0.4, 0.5) is 0 Å². The first-order valence-corrected chi connectivity index (χ1v) is 16.3. The third kappa shape index (κ3) is 5.70. The average Bonchev–Trinajstić information content (AvgIpc) is 3.76. The number of carbonyl (C=O) groups is 4. The van der Waals surface area contributed by atoms with E-state index in [1.54, 1.807) is 36.0 Å². The van der Waals surface area contributed by atoms with Gasteiger partial charge in [-0.25, -0.2) is 4.68 Å². The molecule has 0 bridgehead atoms. The number of benzene rings is 2. The number of hydrogen-bond donors (Lipinski definition) is 2. The molecule has 7 rings (SSSR count). The summed E-state index contributed by atoms with van der Waals surface area (Å²) in [6.45, 7) is 4.05. The zero-order valence-corrected chi connectivity index (χ0v) is 26.0. The predicted molar refractivity (Wildman–Crippen MR) is 173 cm³/mol. The number of piperidine rings is 1. The number of imide groups is 1. The number of fused-ring (bicyclic) bond motifs is 2. The molecule has 2 unspecified atom stereocenters. The highest BCUT2D eigenvalue weighted by Gasteiger charge is 2.42. The highest BCUT2D eigenvalue weighted by Crippen LogP contribution is 2.40. The van der Waals surface area contributed by atoms with Gasteiger partial charge in [-0.2, -0.15) is 0 Å². The molecule has 1 saturated heterocycles. The second kappa shape index (κ2) is 12.3.